The van der Waals surface area contributed by atoms with Crippen LogP contribution < -0.4 is 0 Å². The summed E-state index contributed by atoms with van der Waals surface area (Å²) in [5.74, 6) is -1.13. The monoisotopic (exact) mass is 257 g/mol. The summed E-state index contributed by atoms with van der Waals surface area (Å²) in [5, 5.41) is 8.88. The van der Waals surface area contributed by atoms with Gasteiger partial charge in [-0.15, -0.1) is 0 Å². The van der Waals surface area contributed by atoms with Crippen LogP contribution >= 0.6 is 0 Å². The molecule has 0 bridgehead atoms. The lowest BCUT2D eigenvalue weighted by atomic mass is 10.0. The number of carboxylic acid groups (broad SMARTS) is 1. The first-order valence-electron chi connectivity index (χ1n) is 6.44. The van der Waals surface area contributed by atoms with Gasteiger partial charge in [0.25, 0.3) is 0 Å². The van der Waals surface area contributed by atoms with Crippen molar-refractivity contribution in [2.75, 3.05) is 13.2 Å². The van der Waals surface area contributed by atoms with Gasteiger partial charge in [0.1, 0.15) is 6.54 Å². The minimum Gasteiger partial charge on any atom is -0.480 e. The number of carbonyl (C=O) groups excluding carboxylic acids is 1. The molecule has 0 aliphatic carbocycles. The van der Waals surface area contributed by atoms with E-state index in [1.54, 1.807) is 0 Å². The highest BCUT2D eigenvalue weighted by molar-refractivity contribution is 5.82. The third-order valence-electron chi connectivity index (χ3n) is 3.08. The van der Waals surface area contributed by atoms with Crippen molar-refractivity contribution in [3.8, 4) is 0 Å². The molecule has 1 amide bonds. The molecule has 1 heterocycles. The highest BCUT2D eigenvalue weighted by Crippen LogP contribution is 2.20. The Morgan fingerprint density at radius 3 is 2.44 bits per heavy atom. The molecule has 1 aliphatic rings. The molecule has 5 nitrogen and oxygen atoms in total. The Kier molecular flexibility index (Phi) is 5.14. The number of carbonyl (C=O) groups is 2. The third kappa shape index (κ3) is 4.64. The van der Waals surface area contributed by atoms with Gasteiger partial charge in [-0.05, 0) is 40.0 Å². The van der Waals surface area contributed by atoms with E-state index in [1.807, 2.05) is 20.8 Å². The third-order valence-corrected chi connectivity index (χ3v) is 3.08. The number of carboxylic acids is 1. The van der Waals surface area contributed by atoms with Crippen molar-refractivity contribution >= 4 is 11.9 Å². The van der Waals surface area contributed by atoms with Gasteiger partial charge in [0.2, 0.25) is 5.91 Å². The van der Waals surface area contributed by atoms with Crippen molar-refractivity contribution in [2.24, 2.45) is 0 Å². The molecule has 0 spiro atoms. The molecule has 5 heteroatoms. The number of nitrogens with zero attached hydrogens (tertiary/aromatic N) is 1. The highest BCUT2D eigenvalue weighted by Gasteiger charge is 2.30. The Bertz CT molecular complexity index is 303. The van der Waals surface area contributed by atoms with Crippen LogP contribution in [0.25, 0.3) is 0 Å². The van der Waals surface area contributed by atoms with Gasteiger partial charge in [-0.3, -0.25) is 9.59 Å². The van der Waals surface area contributed by atoms with Gasteiger partial charge < -0.3 is 14.7 Å². The molecule has 0 aromatic carbocycles. The minimum absolute atomic E-state index is 0.0510. The van der Waals surface area contributed by atoms with Crippen LogP contribution in [0.3, 0.4) is 0 Å². The fourth-order valence-electron chi connectivity index (χ4n) is 2.11. The average molecular weight is 257 g/mol. The SMILES string of the molecule is CC(C)(C)N(CC(=O)O)C(=O)CC1CCCCO1. The standard InChI is InChI=1S/C13H23NO4/c1-13(2,3)14(9-12(16)17)11(15)8-10-6-4-5-7-18-10/h10H,4-9H2,1-3H3,(H,16,17). The van der Waals surface area contributed by atoms with E-state index in [1.165, 1.54) is 4.90 Å². The maximum atomic E-state index is 12.2. The zero-order chi connectivity index (χ0) is 13.8. The van der Waals surface area contributed by atoms with Crippen molar-refractivity contribution in [3.05, 3.63) is 0 Å². The maximum Gasteiger partial charge on any atom is 0.323 e. The van der Waals surface area contributed by atoms with Crippen molar-refractivity contribution in [2.45, 2.75) is 58.1 Å². The predicted octanol–water partition coefficient (Wildman–Crippen LogP) is 1.66. The van der Waals surface area contributed by atoms with Crippen LogP contribution in [-0.2, 0) is 14.3 Å². The molecule has 0 saturated carbocycles. The Hall–Kier alpha value is -1.10. The Morgan fingerprint density at radius 2 is 2.00 bits per heavy atom. The van der Waals surface area contributed by atoms with E-state index in [0.29, 0.717) is 6.61 Å². The minimum atomic E-state index is -0.983. The molecule has 104 valence electrons. The summed E-state index contributed by atoms with van der Waals surface area (Å²) in [5.41, 5.74) is -0.482. The molecule has 1 N–H and O–H groups in total. The lowest BCUT2D eigenvalue weighted by Gasteiger charge is -2.35. The predicted molar refractivity (Wildman–Crippen MR) is 67.3 cm³/mol. The summed E-state index contributed by atoms with van der Waals surface area (Å²) in [6.45, 7) is 5.97. The molecular formula is C13H23NO4. The van der Waals surface area contributed by atoms with Crippen LogP contribution in [0.2, 0.25) is 0 Å². The first-order chi connectivity index (χ1) is 8.30. The van der Waals surface area contributed by atoms with E-state index in [9.17, 15) is 9.59 Å². The summed E-state index contributed by atoms with van der Waals surface area (Å²) in [4.78, 5) is 24.4. The molecule has 1 atom stereocenters. The Labute approximate surface area is 108 Å². The summed E-state index contributed by atoms with van der Waals surface area (Å²) in [7, 11) is 0. The summed E-state index contributed by atoms with van der Waals surface area (Å²) in [6.07, 6.45) is 3.24. The second kappa shape index (κ2) is 6.18. The number of amides is 1. The second-order valence-electron chi connectivity index (χ2n) is 5.74. The van der Waals surface area contributed by atoms with Gasteiger partial charge in [-0.1, -0.05) is 0 Å². The topological polar surface area (TPSA) is 66.8 Å². The summed E-state index contributed by atoms with van der Waals surface area (Å²) >= 11 is 0. The number of hydrogen-bond acceptors (Lipinski definition) is 3. The molecule has 1 unspecified atom stereocenters. The van der Waals surface area contributed by atoms with E-state index in [2.05, 4.69) is 0 Å². The Balaban J connectivity index is 2.61. The van der Waals surface area contributed by atoms with Crippen molar-refractivity contribution in [1.82, 2.24) is 4.90 Å². The summed E-state index contributed by atoms with van der Waals surface area (Å²) in [6, 6.07) is 0. The molecule has 0 radical (unpaired) electrons. The number of rotatable bonds is 4. The molecule has 1 saturated heterocycles. The molecule has 1 aliphatic heterocycles. The van der Waals surface area contributed by atoms with Gasteiger partial charge in [-0.2, -0.15) is 0 Å². The zero-order valence-electron chi connectivity index (χ0n) is 11.4. The second-order valence-corrected chi connectivity index (χ2v) is 5.74. The number of aliphatic carboxylic acids is 1. The Morgan fingerprint density at radius 1 is 1.33 bits per heavy atom. The van der Waals surface area contributed by atoms with Gasteiger partial charge in [0.05, 0.1) is 12.5 Å². The van der Waals surface area contributed by atoms with Crippen LogP contribution in [-0.4, -0.2) is 46.7 Å². The van der Waals surface area contributed by atoms with Crippen LogP contribution in [0.5, 0.6) is 0 Å². The van der Waals surface area contributed by atoms with Crippen LogP contribution in [0.1, 0.15) is 46.5 Å². The van der Waals surface area contributed by atoms with Crippen LogP contribution in [0.4, 0.5) is 0 Å². The molecule has 1 fully saturated rings. The van der Waals surface area contributed by atoms with E-state index >= 15 is 0 Å². The smallest absolute Gasteiger partial charge is 0.323 e. The zero-order valence-corrected chi connectivity index (χ0v) is 11.4. The van der Waals surface area contributed by atoms with Crippen molar-refractivity contribution < 1.29 is 19.4 Å². The highest BCUT2D eigenvalue weighted by atomic mass is 16.5. The average Bonchev–Trinajstić information content (AvgIpc) is 2.25. The van der Waals surface area contributed by atoms with Crippen molar-refractivity contribution in [1.29, 1.82) is 0 Å². The molecule has 18 heavy (non-hydrogen) atoms. The van der Waals surface area contributed by atoms with Crippen LogP contribution in [0, 0.1) is 0 Å². The summed E-state index contributed by atoms with van der Waals surface area (Å²) < 4.78 is 5.52. The first kappa shape index (κ1) is 15.0. The van der Waals surface area contributed by atoms with E-state index in [-0.39, 0.29) is 25.0 Å². The largest absolute Gasteiger partial charge is 0.480 e. The number of hydrogen-bond donors (Lipinski definition) is 1. The van der Waals surface area contributed by atoms with E-state index in [0.717, 1.165) is 19.3 Å². The molecule has 0 aromatic rings. The number of ether oxygens (including phenoxy) is 1. The van der Waals surface area contributed by atoms with Crippen molar-refractivity contribution in [3.63, 3.8) is 0 Å². The lowest BCUT2D eigenvalue weighted by molar-refractivity contribution is -0.150. The van der Waals surface area contributed by atoms with E-state index < -0.39 is 11.5 Å². The van der Waals surface area contributed by atoms with Gasteiger partial charge >= 0.3 is 5.97 Å². The van der Waals surface area contributed by atoms with Gasteiger partial charge in [0.15, 0.2) is 0 Å². The van der Waals surface area contributed by atoms with E-state index in [4.69, 9.17) is 9.84 Å². The normalized spacial score (nSPS) is 20.5. The maximum absolute atomic E-state index is 12.2. The molecule has 0 aromatic heterocycles. The quantitative estimate of drug-likeness (QED) is 0.831. The van der Waals surface area contributed by atoms with Gasteiger partial charge in [0, 0.05) is 12.1 Å². The fourth-order valence-corrected chi connectivity index (χ4v) is 2.11. The molecule has 1 rings (SSSR count). The fraction of sp³-hybridized carbons (Fsp3) is 0.846. The molecular weight excluding hydrogens is 234 g/mol. The van der Waals surface area contributed by atoms with Gasteiger partial charge in [-0.25, -0.2) is 0 Å². The first-order valence-corrected chi connectivity index (χ1v) is 6.44. The van der Waals surface area contributed by atoms with Crippen LogP contribution in [0.15, 0.2) is 0 Å². The lowest BCUT2D eigenvalue weighted by Crippen LogP contribution is -2.49.